The predicted octanol–water partition coefficient (Wildman–Crippen LogP) is 2.67. The molecular weight excluding hydrogens is 350 g/mol. The molecule has 0 aliphatic carbocycles. The molecule has 27 heavy (non-hydrogen) atoms. The van der Waals surface area contributed by atoms with Gasteiger partial charge in [-0.3, -0.25) is 9.78 Å². The number of carbonyl (C=O) groups is 2. The average molecular weight is 365 g/mol. The largest absolute Gasteiger partial charge is 0.493 e. The Kier molecular flexibility index (Phi) is 5.58. The molecule has 0 spiro atoms. The van der Waals surface area contributed by atoms with E-state index in [9.17, 15) is 9.59 Å². The molecule has 2 heterocycles. The van der Waals surface area contributed by atoms with Crippen molar-refractivity contribution in [1.29, 1.82) is 0 Å². The van der Waals surface area contributed by atoms with Crippen LogP contribution in [-0.2, 0) is 0 Å². The molecule has 0 aliphatic rings. The average Bonchev–Trinajstić information content (AvgIpc) is 3.24. The Morgan fingerprint density at radius 1 is 1.19 bits per heavy atom. The van der Waals surface area contributed by atoms with Crippen LogP contribution in [0.4, 0.5) is 0 Å². The van der Waals surface area contributed by atoms with Gasteiger partial charge in [0.05, 0.1) is 25.2 Å². The number of pyridine rings is 1. The number of amides is 1. The molecule has 2 aromatic heterocycles. The zero-order valence-corrected chi connectivity index (χ0v) is 14.3. The summed E-state index contributed by atoms with van der Waals surface area (Å²) in [6.45, 7) is 0. The number of hydrazone groups is 1. The van der Waals surface area contributed by atoms with Crippen molar-refractivity contribution in [2.75, 3.05) is 7.11 Å². The predicted molar refractivity (Wildman–Crippen MR) is 96.0 cm³/mol. The van der Waals surface area contributed by atoms with Gasteiger partial charge >= 0.3 is 5.97 Å². The fourth-order valence-corrected chi connectivity index (χ4v) is 2.12. The van der Waals surface area contributed by atoms with Gasteiger partial charge in [0.25, 0.3) is 5.91 Å². The van der Waals surface area contributed by atoms with Crippen LogP contribution in [0.3, 0.4) is 0 Å². The third kappa shape index (κ3) is 4.57. The lowest BCUT2D eigenvalue weighted by atomic mass is 10.2. The zero-order chi connectivity index (χ0) is 19.1. The van der Waals surface area contributed by atoms with E-state index in [4.69, 9.17) is 13.9 Å². The third-order valence-corrected chi connectivity index (χ3v) is 3.42. The highest BCUT2D eigenvalue weighted by molar-refractivity contribution is 5.94. The summed E-state index contributed by atoms with van der Waals surface area (Å²) >= 11 is 0. The maximum Gasteiger partial charge on any atom is 0.379 e. The Hall–Kier alpha value is -3.94. The highest BCUT2D eigenvalue weighted by atomic mass is 16.6. The fourth-order valence-electron chi connectivity index (χ4n) is 2.12. The smallest absolute Gasteiger partial charge is 0.379 e. The lowest BCUT2D eigenvalue weighted by Gasteiger charge is -2.09. The molecule has 1 aromatic carbocycles. The molecule has 0 saturated heterocycles. The van der Waals surface area contributed by atoms with Crippen molar-refractivity contribution >= 4 is 18.1 Å². The van der Waals surface area contributed by atoms with E-state index in [1.165, 1.54) is 31.9 Å². The fraction of sp³-hybridized carbons (Fsp3) is 0.0526. The molecule has 0 aliphatic heterocycles. The monoisotopic (exact) mass is 365 g/mol. The molecule has 0 atom stereocenters. The quantitative estimate of drug-likeness (QED) is 0.312. The molecule has 0 unspecified atom stereocenters. The van der Waals surface area contributed by atoms with Crippen LogP contribution >= 0.6 is 0 Å². The number of aromatic nitrogens is 1. The lowest BCUT2D eigenvalue weighted by Crippen LogP contribution is -2.17. The van der Waals surface area contributed by atoms with E-state index in [2.05, 4.69) is 15.5 Å². The second-order valence-corrected chi connectivity index (χ2v) is 5.22. The van der Waals surface area contributed by atoms with E-state index >= 15 is 0 Å². The van der Waals surface area contributed by atoms with Gasteiger partial charge in [-0.2, -0.15) is 5.10 Å². The van der Waals surface area contributed by atoms with Gasteiger partial charge in [0.1, 0.15) is 0 Å². The van der Waals surface area contributed by atoms with Crippen LogP contribution in [-0.4, -0.2) is 30.2 Å². The van der Waals surface area contributed by atoms with Gasteiger partial charge in [-0.25, -0.2) is 10.2 Å². The van der Waals surface area contributed by atoms with Crippen molar-refractivity contribution in [3.8, 4) is 11.5 Å². The molecule has 1 N–H and O–H groups in total. The van der Waals surface area contributed by atoms with Gasteiger partial charge in [0, 0.05) is 12.4 Å². The summed E-state index contributed by atoms with van der Waals surface area (Å²) in [5, 5.41) is 3.89. The molecule has 1 amide bonds. The Balaban J connectivity index is 1.66. The number of hydrogen-bond donors (Lipinski definition) is 1. The van der Waals surface area contributed by atoms with Crippen LogP contribution in [0.5, 0.6) is 11.5 Å². The second-order valence-electron chi connectivity index (χ2n) is 5.22. The second kappa shape index (κ2) is 8.43. The molecule has 8 nitrogen and oxygen atoms in total. The number of nitrogens with one attached hydrogen (secondary N) is 1. The number of furan rings is 1. The molecule has 8 heteroatoms. The summed E-state index contributed by atoms with van der Waals surface area (Å²) in [4.78, 5) is 27.7. The number of carbonyl (C=O) groups excluding carboxylic acids is 2. The van der Waals surface area contributed by atoms with Crippen LogP contribution in [0, 0.1) is 0 Å². The number of hydrogen-bond acceptors (Lipinski definition) is 7. The SMILES string of the molecule is COc1cc(/C=N/NC(=O)c2cccnc2)ccc1OC(=O)c1ccco1. The van der Waals surface area contributed by atoms with Gasteiger partial charge in [-0.15, -0.1) is 0 Å². The van der Waals surface area contributed by atoms with Crippen molar-refractivity contribution in [3.05, 3.63) is 78.0 Å². The molecule has 0 fully saturated rings. The molecule has 0 radical (unpaired) electrons. The topological polar surface area (TPSA) is 103 Å². The summed E-state index contributed by atoms with van der Waals surface area (Å²) in [6.07, 6.45) is 5.84. The molecule has 0 saturated carbocycles. The zero-order valence-electron chi connectivity index (χ0n) is 14.3. The summed E-state index contributed by atoms with van der Waals surface area (Å²) in [5.41, 5.74) is 3.43. The normalized spacial score (nSPS) is 10.6. The molecule has 3 rings (SSSR count). The first-order chi connectivity index (χ1) is 13.2. The van der Waals surface area contributed by atoms with E-state index in [0.717, 1.165) is 0 Å². The highest BCUT2D eigenvalue weighted by Crippen LogP contribution is 2.28. The van der Waals surface area contributed by atoms with Gasteiger partial charge in [0.15, 0.2) is 11.5 Å². The Bertz CT molecular complexity index is 953. The van der Waals surface area contributed by atoms with E-state index in [1.54, 1.807) is 42.6 Å². The maximum absolute atomic E-state index is 12.0. The van der Waals surface area contributed by atoms with E-state index in [1.807, 2.05) is 0 Å². The van der Waals surface area contributed by atoms with Gasteiger partial charge in [-0.05, 0) is 48.0 Å². The van der Waals surface area contributed by atoms with Crippen molar-refractivity contribution in [3.63, 3.8) is 0 Å². The highest BCUT2D eigenvalue weighted by Gasteiger charge is 2.14. The number of benzene rings is 1. The van der Waals surface area contributed by atoms with Gasteiger partial charge < -0.3 is 13.9 Å². The summed E-state index contributed by atoms with van der Waals surface area (Å²) < 4.78 is 15.5. The number of nitrogens with zero attached hydrogens (tertiary/aromatic N) is 2. The Morgan fingerprint density at radius 3 is 2.78 bits per heavy atom. The lowest BCUT2D eigenvalue weighted by molar-refractivity contribution is 0.0696. The van der Waals surface area contributed by atoms with Crippen molar-refractivity contribution in [2.24, 2.45) is 5.10 Å². The summed E-state index contributed by atoms with van der Waals surface area (Å²) in [5.74, 6) is -0.368. The van der Waals surface area contributed by atoms with E-state index in [0.29, 0.717) is 16.9 Å². The first kappa shape index (κ1) is 17.9. The molecule has 3 aromatic rings. The van der Waals surface area contributed by atoms with Crippen LogP contribution in [0.25, 0.3) is 0 Å². The number of rotatable bonds is 6. The van der Waals surface area contributed by atoms with Crippen LogP contribution in [0.2, 0.25) is 0 Å². The minimum atomic E-state index is -0.636. The number of esters is 1. The molecule has 136 valence electrons. The van der Waals surface area contributed by atoms with E-state index in [-0.39, 0.29) is 17.4 Å². The van der Waals surface area contributed by atoms with Crippen molar-refractivity contribution in [1.82, 2.24) is 10.4 Å². The first-order valence-electron chi connectivity index (χ1n) is 7.84. The number of ether oxygens (including phenoxy) is 2. The minimum Gasteiger partial charge on any atom is -0.493 e. The standard InChI is InChI=1S/C19H15N3O5/c1-25-17-10-13(11-21-22-18(23)14-4-2-8-20-12-14)6-7-15(17)27-19(24)16-5-3-9-26-16/h2-12H,1H3,(H,22,23)/b21-11+. The Labute approximate surface area is 154 Å². The van der Waals surface area contributed by atoms with Crippen LogP contribution in [0.1, 0.15) is 26.5 Å². The maximum atomic E-state index is 12.0. The Morgan fingerprint density at radius 2 is 2.07 bits per heavy atom. The summed E-state index contributed by atoms with van der Waals surface area (Å²) in [7, 11) is 1.45. The summed E-state index contributed by atoms with van der Waals surface area (Å²) in [6, 6.07) is 11.2. The first-order valence-corrected chi connectivity index (χ1v) is 7.84. The van der Waals surface area contributed by atoms with Gasteiger partial charge in [-0.1, -0.05) is 0 Å². The van der Waals surface area contributed by atoms with E-state index < -0.39 is 5.97 Å². The van der Waals surface area contributed by atoms with Gasteiger partial charge in [0.2, 0.25) is 5.76 Å². The van der Waals surface area contributed by atoms with Crippen LogP contribution < -0.4 is 14.9 Å². The van der Waals surface area contributed by atoms with Crippen molar-refractivity contribution in [2.45, 2.75) is 0 Å². The molecule has 0 bridgehead atoms. The minimum absolute atomic E-state index is 0.0841. The third-order valence-electron chi connectivity index (χ3n) is 3.42. The molecular formula is C19H15N3O5. The van der Waals surface area contributed by atoms with Crippen molar-refractivity contribution < 1.29 is 23.5 Å². The number of methoxy groups -OCH3 is 1. The van der Waals surface area contributed by atoms with Crippen LogP contribution in [0.15, 0.2) is 70.6 Å².